The molecule has 3 heteroatoms. The van der Waals surface area contributed by atoms with E-state index in [0.29, 0.717) is 6.42 Å². The molecule has 0 saturated carbocycles. The zero-order valence-corrected chi connectivity index (χ0v) is 8.04. The molecule has 0 spiro atoms. The highest BCUT2D eigenvalue weighted by Crippen LogP contribution is 2.34. The summed E-state index contributed by atoms with van der Waals surface area (Å²) in [7, 11) is 0. The fraction of sp³-hybridized carbons (Fsp3) is 0.900. The predicted molar refractivity (Wildman–Crippen MR) is 51.1 cm³/mol. The van der Waals surface area contributed by atoms with Gasteiger partial charge in [-0.25, -0.2) is 0 Å². The maximum absolute atomic E-state index is 10.7. The number of carbonyl (C=O) groups excluding carboxylic acids is 1. The van der Waals surface area contributed by atoms with Crippen LogP contribution in [0.1, 0.15) is 25.7 Å². The summed E-state index contributed by atoms with van der Waals surface area (Å²) in [4.78, 5) is 13.2. The van der Waals surface area contributed by atoms with Crippen LogP contribution in [0.2, 0.25) is 0 Å². The third kappa shape index (κ3) is 2.02. The van der Waals surface area contributed by atoms with Gasteiger partial charge in [-0.1, -0.05) is 0 Å². The van der Waals surface area contributed by atoms with E-state index in [9.17, 15) is 4.79 Å². The summed E-state index contributed by atoms with van der Waals surface area (Å²) in [6.07, 6.45) is 4.26. The SMILES string of the molecule is NC(=O)CCC1CN2CCC1CC2. The molecule has 1 amide bonds. The largest absolute Gasteiger partial charge is 0.370 e. The van der Waals surface area contributed by atoms with E-state index in [1.165, 1.54) is 32.5 Å². The number of hydrogen-bond acceptors (Lipinski definition) is 2. The first-order valence-corrected chi connectivity index (χ1v) is 5.26. The molecule has 3 fully saturated rings. The third-order valence-corrected chi connectivity index (χ3v) is 3.55. The summed E-state index contributed by atoms with van der Waals surface area (Å²) in [6, 6.07) is 0. The Hall–Kier alpha value is -0.570. The van der Waals surface area contributed by atoms with Crippen molar-refractivity contribution in [2.45, 2.75) is 25.7 Å². The monoisotopic (exact) mass is 182 g/mol. The molecule has 3 rings (SSSR count). The van der Waals surface area contributed by atoms with E-state index in [-0.39, 0.29) is 5.91 Å². The van der Waals surface area contributed by atoms with Crippen LogP contribution in [0.5, 0.6) is 0 Å². The van der Waals surface area contributed by atoms with Crippen molar-refractivity contribution in [1.82, 2.24) is 4.90 Å². The van der Waals surface area contributed by atoms with Crippen molar-refractivity contribution in [3.05, 3.63) is 0 Å². The molecule has 3 aliphatic heterocycles. The lowest BCUT2D eigenvalue weighted by atomic mass is 9.77. The van der Waals surface area contributed by atoms with Gasteiger partial charge in [0.1, 0.15) is 0 Å². The van der Waals surface area contributed by atoms with E-state index in [2.05, 4.69) is 4.90 Å². The van der Waals surface area contributed by atoms with Gasteiger partial charge in [0.25, 0.3) is 0 Å². The lowest BCUT2D eigenvalue weighted by Gasteiger charge is -2.44. The molecule has 13 heavy (non-hydrogen) atoms. The molecule has 0 aliphatic carbocycles. The zero-order chi connectivity index (χ0) is 9.26. The molecule has 2 bridgehead atoms. The Bertz CT molecular complexity index is 197. The van der Waals surface area contributed by atoms with E-state index in [1.54, 1.807) is 0 Å². The third-order valence-electron chi connectivity index (χ3n) is 3.55. The summed E-state index contributed by atoms with van der Waals surface area (Å²) in [5.41, 5.74) is 5.16. The lowest BCUT2D eigenvalue weighted by molar-refractivity contribution is -0.118. The number of rotatable bonds is 3. The second-order valence-corrected chi connectivity index (χ2v) is 4.40. The Morgan fingerprint density at radius 2 is 2.08 bits per heavy atom. The highest BCUT2D eigenvalue weighted by atomic mass is 16.1. The van der Waals surface area contributed by atoms with Crippen LogP contribution in [0.15, 0.2) is 0 Å². The number of amides is 1. The Morgan fingerprint density at radius 3 is 2.54 bits per heavy atom. The number of hydrogen-bond donors (Lipinski definition) is 1. The van der Waals surface area contributed by atoms with Crippen molar-refractivity contribution < 1.29 is 4.79 Å². The molecule has 3 heterocycles. The first-order chi connectivity index (χ1) is 6.25. The highest BCUT2D eigenvalue weighted by molar-refractivity contribution is 5.73. The van der Waals surface area contributed by atoms with Crippen molar-refractivity contribution in [1.29, 1.82) is 0 Å². The topological polar surface area (TPSA) is 46.3 Å². The minimum atomic E-state index is -0.142. The van der Waals surface area contributed by atoms with Crippen LogP contribution in [0.25, 0.3) is 0 Å². The molecule has 0 aromatic rings. The minimum absolute atomic E-state index is 0.142. The summed E-state index contributed by atoms with van der Waals surface area (Å²) in [5.74, 6) is 1.48. The maximum atomic E-state index is 10.7. The van der Waals surface area contributed by atoms with Gasteiger partial charge < -0.3 is 10.6 Å². The average molecular weight is 182 g/mol. The first kappa shape index (κ1) is 9.00. The van der Waals surface area contributed by atoms with Gasteiger partial charge >= 0.3 is 0 Å². The molecular weight excluding hydrogens is 164 g/mol. The van der Waals surface area contributed by atoms with E-state index < -0.39 is 0 Å². The van der Waals surface area contributed by atoms with Crippen molar-refractivity contribution in [3.8, 4) is 0 Å². The van der Waals surface area contributed by atoms with Crippen molar-refractivity contribution in [2.24, 2.45) is 17.6 Å². The van der Waals surface area contributed by atoms with Crippen molar-refractivity contribution in [3.63, 3.8) is 0 Å². The predicted octanol–water partition coefficient (Wildman–Crippen LogP) is 0.594. The van der Waals surface area contributed by atoms with Gasteiger partial charge in [0.15, 0.2) is 0 Å². The molecule has 3 saturated heterocycles. The molecule has 0 aromatic carbocycles. The van der Waals surface area contributed by atoms with Gasteiger partial charge in [0.05, 0.1) is 0 Å². The molecule has 2 N–H and O–H groups in total. The summed E-state index contributed by atoms with van der Waals surface area (Å²) in [6.45, 7) is 3.76. The smallest absolute Gasteiger partial charge is 0.217 e. The second kappa shape index (κ2) is 3.66. The molecular formula is C10H18N2O. The molecule has 3 nitrogen and oxygen atoms in total. The summed E-state index contributed by atoms with van der Waals surface area (Å²) >= 11 is 0. The summed E-state index contributed by atoms with van der Waals surface area (Å²) < 4.78 is 0. The number of piperidine rings is 3. The molecule has 0 radical (unpaired) electrons. The fourth-order valence-electron chi connectivity index (χ4n) is 2.74. The Morgan fingerprint density at radius 1 is 1.38 bits per heavy atom. The van der Waals surface area contributed by atoms with E-state index in [0.717, 1.165) is 18.3 Å². The first-order valence-electron chi connectivity index (χ1n) is 5.26. The number of carbonyl (C=O) groups is 1. The zero-order valence-electron chi connectivity index (χ0n) is 8.04. The minimum Gasteiger partial charge on any atom is -0.370 e. The molecule has 1 atom stereocenters. The van der Waals surface area contributed by atoms with Crippen LogP contribution in [0.3, 0.4) is 0 Å². The van der Waals surface area contributed by atoms with E-state index >= 15 is 0 Å². The van der Waals surface area contributed by atoms with E-state index in [1.807, 2.05) is 0 Å². The Labute approximate surface area is 79.3 Å². The van der Waals surface area contributed by atoms with Crippen LogP contribution in [-0.2, 0) is 4.79 Å². The van der Waals surface area contributed by atoms with Gasteiger partial charge in [-0.2, -0.15) is 0 Å². The van der Waals surface area contributed by atoms with E-state index in [4.69, 9.17) is 5.73 Å². The highest BCUT2D eigenvalue weighted by Gasteiger charge is 2.33. The van der Waals surface area contributed by atoms with Crippen LogP contribution < -0.4 is 5.73 Å². The maximum Gasteiger partial charge on any atom is 0.217 e. The molecule has 74 valence electrons. The van der Waals surface area contributed by atoms with Gasteiger partial charge in [-0.15, -0.1) is 0 Å². The van der Waals surface area contributed by atoms with Crippen LogP contribution >= 0.6 is 0 Å². The van der Waals surface area contributed by atoms with Gasteiger partial charge in [-0.05, 0) is 44.2 Å². The van der Waals surface area contributed by atoms with Gasteiger partial charge in [0, 0.05) is 13.0 Å². The molecule has 3 aliphatic rings. The number of fused-ring (bicyclic) bond motifs is 3. The van der Waals surface area contributed by atoms with Crippen molar-refractivity contribution >= 4 is 5.91 Å². The quantitative estimate of drug-likeness (QED) is 0.694. The van der Waals surface area contributed by atoms with Crippen LogP contribution in [0.4, 0.5) is 0 Å². The van der Waals surface area contributed by atoms with Crippen LogP contribution in [0, 0.1) is 11.8 Å². The standard InChI is InChI=1S/C10H18N2O/c11-10(13)2-1-9-7-12-5-3-8(9)4-6-12/h8-9H,1-7H2,(H2,11,13). The second-order valence-electron chi connectivity index (χ2n) is 4.40. The van der Waals surface area contributed by atoms with Gasteiger partial charge in [0.2, 0.25) is 5.91 Å². The Kier molecular flexibility index (Phi) is 2.54. The number of primary amides is 1. The fourth-order valence-corrected chi connectivity index (χ4v) is 2.74. The van der Waals surface area contributed by atoms with Gasteiger partial charge in [-0.3, -0.25) is 4.79 Å². The lowest BCUT2D eigenvalue weighted by Crippen LogP contribution is -2.47. The van der Waals surface area contributed by atoms with Crippen LogP contribution in [-0.4, -0.2) is 30.4 Å². The van der Waals surface area contributed by atoms with Crippen molar-refractivity contribution in [2.75, 3.05) is 19.6 Å². The molecule has 1 unspecified atom stereocenters. The summed E-state index contributed by atoms with van der Waals surface area (Å²) in [5, 5.41) is 0. The molecule has 0 aromatic heterocycles. The average Bonchev–Trinajstić information content (AvgIpc) is 2.17. The normalized spacial score (nSPS) is 37.7. The Balaban J connectivity index is 1.83. The number of nitrogens with zero attached hydrogens (tertiary/aromatic N) is 1. The number of nitrogens with two attached hydrogens (primary N) is 1.